The van der Waals surface area contributed by atoms with E-state index < -0.39 is 0 Å². The van der Waals surface area contributed by atoms with Crippen molar-refractivity contribution in [2.45, 2.75) is 18.9 Å². The van der Waals surface area contributed by atoms with Gasteiger partial charge in [0.25, 0.3) is 0 Å². The van der Waals surface area contributed by atoms with Crippen molar-refractivity contribution in [2.24, 2.45) is 7.05 Å². The lowest BCUT2D eigenvalue weighted by molar-refractivity contribution is -0.125. The van der Waals surface area contributed by atoms with Crippen molar-refractivity contribution >= 4 is 11.9 Å². The number of likely N-dealkylation sites (tertiary alicyclic amines) is 1. The van der Waals surface area contributed by atoms with Crippen LogP contribution in [0.4, 0.5) is 4.79 Å². The van der Waals surface area contributed by atoms with Gasteiger partial charge in [0.15, 0.2) is 0 Å². The average Bonchev–Trinajstić information content (AvgIpc) is 3.10. The summed E-state index contributed by atoms with van der Waals surface area (Å²) in [5.41, 5.74) is 1.21. The van der Waals surface area contributed by atoms with Gasteiger partial charge in [0.2, 0.25) is 5.91 Å². The Balaban J connectivity index is 1.62. The summed E-state index contributed by atoms with van der Waals surface area (Å²) in [5, 5.41) is 6.77. The Morgan fingerprint density at radius 3 is 2.90 bits per heavy atom. The van der Waals surface area contributed by atoms with Crippen LogP contribution in [-0.2, 0) is 11.8 Å². The number of imide groups is 1. The van der Waals surface area contributed by atoms with Crippen molar-refractivity contribution in [1.82, 2.24) is 24.9 Å². The van der Waals surface area contributed by atoms with E-state index in [1.165, 1.54) is 10.5 Å². The molecule has 2 aliphatic heterocycles. The molecule has 3 rings (SSSR count). The zero-order valence-corrected chi connectivity index (χ0v) is 11.6. The minimum absolute atomic E-state index is 0.130. The molecule has 0 saturated carbocycles. The monoisotopic (exact) mass is 277 g/mol. The maximum Gasteiger partial charge on any atom is 0.324 e. The fourth-order valence-electron chi connectivity index (χ4n) is 2.99. The molecule has 3 amide bonds. The van der Waals surface area contributed by atoms with Crippen LogP contribution in [-0.4, -0.2) is 57.7 Å². The number of hydrogen-bond acceptors (Lipinski definition) is 4. The van der Waals surface area contributed by atoms with Gasteiger partial charge in [-0.15, -0.1) is 0 Å². The van der Waals surface area contributed by atoms with Gasteiger partial charge in [-0.25, -0.2) is 4.79 Å². The summed E-state index contributed by atoms with van der Waals surface area (Å²) < 4.78 is 1.81. The summed E-state index contributed by atoms with van der Waals surface area (Å²) in [6.07, 6.45) is 6.18. The fraction of sp³-hybridized carbons (Fsp3) is 0.615. The first-order valence-electron chi connectivity index (χ1n) is 6.96. The number of carbonyl (C=O) groups is 2. The third-order valence-electron chi connectivity index (χ3n) is 4.02. The third-order valence-corrected chi connectivity index (χ3v) is 4.02. The van der Waals surface area contributed by atoms with Crippen molar-refractivity contribution in [3.63, 3.8) is 0 Å². The Bertz CT molecular complexity index is 511. The van der Waals surface area contributed by atoms with E-state index >= 15 is 0 Å². The van der Waals surface area contributed by atoms with E-state index in [0.717, 1.165) is 25.9 Å². The van der Waals surface area contributed by atoms with E-state index in [9.17, 15) is 9.59 Å². The fourth-order valence-corrected chi connectivity index (χ4v) is 2.99. The van der Waals surface area contributed by atoms with Crippen molar-refractivity contribution in [3.05, 3.63) is 18.0 Å². The maximum atomic E-state index is 11.6. The van der Waals surface area contributed by atoms with Gasteiger partial charge >= 0.3 is 6.03 Å². The van der Waals surface area contributed by atoms with Crippen molar-refractivity contribution < 1.29 is 9.59 Å². The molecule has 1 aromatic rings. The SMILES string of the molecule is Cn1cc(C2CCCN2CCN2C(=O)CNC2=O)cn1. The zero-order chi connectivity index (χ0) is 14.1. The van der Waals surface area contributed by atoms with E-state index in [1.54, 1.807) is 0 Å². The highest BCUT2D eigenvalue weighted by Crippen LogP contribution is 2.31. The molecular formula is C13H19N5O2. The summed E-state index contributed by atoms with van der Waals surface area (Å²) in [7, 11) is 1.91. The van der Waals surface area contributed by atoms with Crippen molar-refractivity contribution in [2.75, 3.05) is 26.2 Å². The van der Waals surface area contributed by atoms with E-state index in [1.807, 2.05) is 24.1 Å². The Morgan fingerprint density at radius 2 is 2.25 bits per heavy atom. The van der Waals surface area contributed by atoms with Crippen LogP contribution in [0.2, 0.25) is 0 Å². The molecule has 2 fully saturated rings. The minimum Gasteiger partial charge on any atom is -0.329 e. The van der Waals surface area contributed by atoms with Crippen LogP contribution in [0.15, 0.2) is 12.4 Å². The predicted octanol–water partition coefficient (Wildman–Crippen LogP) is 0.109. The van der Waals surface area contributed by atoms with Crippen LogP contribution >= 0.6 is 0 Å². The summed E-state index contributed by atoms with van der Waals surface area (Å²) >= 11 is 0. The Morgan fingerprint density at radius 1 is 1.40 bits per heavy atom. The van der Waals surface area contributed by atoms with E-state index in [0.29, 0.717) is 12.6 Å². The first-order chi connectivity index (χ1) is 9.65. The first-order valence-corrected chi connectivity index (χ1v) is 6.96. The molecule has 0 aliphatic carbocycles. The van der Waals surface area contributed by atoms with E-state index in [2.05, 4.69) is 15.3 Å². The number of amides is 3. The van der Waals surface area contributed by atoms with Crippen molar-refractivity contribution in [1.29, 1.82) is 0 Å². The van der Waals surface area contributed by atoms with Gasteiger partial charge in [0.1, 0.15) is 0 Å². The van der Waals surface area contributed by atoms with Crippen LogP contribution in [0.5, 0.6) is 0 Å². The second-order valence-corrected chi connectivity index (χ2v) is 5.35. The van der Waals surface area contributed by atoms with Gasteiger partial charge in [0.05, 0.1) is 12.7 Å². The van der Waals surface area contributed by atoms with Crippen LogP contribution in [0, 0.1) is 0 Å². The summed E-state index contributed by atoms with van der Waals surface area (Å²) in [5.74, 6) is -0.132. The Kier molecular flexibility index (Phi) is 3.43. The highest BCUT2D eigenvalue weighted by molar-refractivity contribution is 6.01. The maximum absolute atomic E-state index is 11.6. The predicted molar refractivity (Wildman–Crippen MR) is 71.9 cm³/mol. The first kappa shape index (κ1) is 13.1. The second-order valence-electron chi connectivity index (χ2n) is 5.35. The lowest BCUT2D eigenvalue weighted by Crippen LogP contribution is -2.38. The lowest BCUT2D eigenvalue weighted by atomic mass is 10.1. The number of aromatic nitrogens is 2. The molecule has 1 N–H and O–H groups in total. The molecule has 2 aliphatic rings. The highest BCUT2D eigenvalue weighted by atomic mass is 16.2. The number of carbonyl (C=O) groups excluding carboxylic acids is 2. The topological polar surface area (TPSA) is 70.5 Å². The number of nitrogens with one attached hydrogen (secondary N) is 1. The van der Waals surface area contributed by atoms with Crippen molar-refractivity contribution in [3.8, 4) is 0 Å². The van der Waals surface area contributed by atoms with Gasteiger partial charge in [-0.05, 0) is 19.4 Å². The van der Waals surface area contributed by atoms with Crippen LogP contribution in [0.3, 0.4) is 0 Å². The second kappa shape index (κ2) is 5.24. The number of rotatable bonds is 4. The highest BCUT2D eigenvalue weighted by Gasteiger charge is 2.31. The Hall–Kier alpha value is -1.89. The van der Waals surface area contributed by atoms with Crippen LogP contribution in [0.25, 0.3) is 0 Å². The summed E-state index contributed by atoms with van der Waals surface area (Å²) in [6, 6.07) is 0.0802. The quantitative estimate of drug-likeness (QED) is 0.793. The molecule has 20 heavy (non-hydrogen) atoms. The van der Waals surface area contributed by atoms with Gasteiger partial charge in [-0.2, -0.15) is 5.10 Å². The van der Waals surface area contributed by atoms with Crippen LogP contribution < -0.4 is 5.32 Å². The molecular weight excluding hydrogens is 258 g/mol. The number of aryl methyl sites for hydroxylation is 1. The van der Waals surface area contributed by atoms with Crippen LogP contribution in [0.1, 0.15) is 24.4 Å². The smallest absolute Gasteiger partial charge is 0.324 e. The van der Waals surface area contributed by atoms with Gasteiger partial charge in [-0.3, -0.25) is 19.3 Å². The van der Waals surface area contributed by atoms with E-state index in [-0.39, 0.29) is 18.5 Å². The minimum atomic E-state index is -0.271. The number of hydrogen-bond donors (Lipinski definition) is 1. The standard InChI is InChI=1S/C13H19N5O2/c1-16-9-10(7-15-16)11-3-2-4-17(11)5-6-18-12(19)8-14-13(18)20/h7,9,11H,2-6,8H2,1H3,(H,14,20). The normalized spacial score (nSPS) is 23.6. The van der Waals surface area contributed by atoms with Gasteiger partial charge < -0.3 is 5.32 Å². The average molecular weight is 277 g/mol. The molecule has 1 aromatic heterocycles. The molecule has 1 unspecified atom stereocenters. The van der Waals surface area contributed by atoms with E-state index in [4.69, 9.17) is 0 Å². The molecule has 7 heteroatoms. The zero-order valence-electron chi connectivity index (χ0n) is 11.6. The molecule has 7 nitrogen and oxygen atoms in total. The molecule has 1 atom stereocenters. The Labute approximate surface area is 117 Å². The molecule has 0 spiro atoms. The van der Waals surface area contributed by atoms with Gasteiger partial charge in [-0.1, -0.05) is 0 Å². The van der Waals surface area contributed by atoms with Gasteiger partial charge in [0, 0.05) is 37.9 Å². The largest absolute Gasteiger partial charge is 0.329 e. The summed E-state index contributed by atoms with van der Waals surface area (Å²) in [4.78, 5) is 26.7. The number of urea groups is 1. The molecule has 3 heterocycles. The molecule has 108 valence electrons. The molecule has 2 saturated heterocycles. The molecule has 0 radical (unpaired) electrons. The third kappa shape index (κ3) is 2.40. The number of nitrogens with zero attached hydrogens (tertiary/aromatic N) is 4. The molecule has 0 bridgehead atoms. The lowest BCUT2D eigenvalue weighted by Gasteiger charge is -2.25. The molecule has 0 aromatic carbocycles. The summed E-state index contributed by atoms with van der Waals surface area (Å²) in [6.45, 7) is 2.31.